The Balaban J connectivity index is 1.17. The normalized spacial score (nSPS) is 31.0. The molecule has 8 rings (SSSR count). The molecule has 3 saturated heterocycles. The summed E-state index contributed by atoms with van der Waals surface area (Å²) in [7, 11) is -5.30. The van der Waals surface area contributed by atoms with Crippen LogP contribution >= 0.6 is 13.4 Å². The zero-order chi connectivity index (χ0) is 49.2. The lowest BCUT2D eigenvalue weighted by molar-refractivity contribution is -0.118. The number of aromatic nitrogens is 7. The van der Waals surface area contributed by atoms with E-state index in [1.165, 1.54) is 12.7 Å². The van der Waals surface area contributed by atoms with Crippen LogP contribution in [0, 0.1) is 0 Å². The number of imidazole rings is 1. The monoisotopic (exact) mass is 1060 g/mol. The maximum absolute atomic E-state index is 12.2. The van der Waals surface area contributed by atoms with Gasteiger partial charge in [0.05, 0.1) is 50.7 Å². The largest absolute Gasteiger partial charge is 0.408 e. The van der Waals surface area contributed by atoms with Crippen molar-refractivity contribution >= 4 is 81.7 Å². The van der Waals surface area contributed by atoms with Crippen molar-refractivity contribution in [2.45, 2.75) is 166 Å². The summed E-state index contributed by atoms with van der Waals surface area (Å²) in [5, 5.41) is 0.464. The van der Waals surface area contributed by atoms with E-state index < -0.39 is 79.2 Å². The van der Waals surface area contributed by atoms with Crippen molar-refractivity contribution in [3.8, 4) is 0 Å². The quantitative estimate of drug-likeness (QED) is 0.0789. The summed E-state index contributed by atoms with van der Waals surface area (Å²) in [4.78, 5) is 59.2. The molecule has 0 amide bonds. The van der Waals surface area contributed by atoms with Gasteiger partial charge in [-0.3, -0.25) is 18.4 Å². The minimum absolute atomic E-state index is 0.0443. The van der Waals surface area contributed by atoms with E-state index in [0.717, 1.165) is 42.3 Å². The van der Waals surface area contributed by atoms with Crippen LogP contribution in [0.1, 0.15) is 90.2 Å². The Labute approximate surface area is 409 Å². The summed E-state index contributed by atoms with van der Waals surface area (Å²) in [5.74, 6) is -0.124. The second kappa shape index (κ2) is 19.8. The molecule has 26 heteroatoms. The second-order valence-corrected chi connectivity index (χ2v) is 36.1. The maximum atomic E-state index is 12.2. The van der Waals surface area contributed by atoms with E-state index in [0.29, 0.717) is 22.5 Å². The van der Waals surface area contributed by atoms with E-state index in [1.54, 1.807) is 10.9 Å². The van der Waals surface area contributed by atoms with Gasteiger partial charge in [-0.05, 0) is 91.1 Å². The molecular formula is C42H66N8O12P2S2Si2. The van der Waals surface area contributed by atoms with E-state index >= 15 is 0 Å². The van der Waals surface area contributed by atoms with E-state index in [9.17, 15) is 14.6 Å². The van der Waals surface area contributed by atoms with Gasteiger partial charge in [-0.2, -0.15) is 0 Å². The number of ketones is 1. The standard InChI is InChI=1S/C42H66N8O12P2S2Si2/c1-41(2,3)67(7,8)61-34-30-21-56-63(52,65)59-33-29(57-40(36(33)62-68(9,10)42(4,5)6)49-18-25-13-11-12-14-27-31(25)37(49)46-22-44-27)20-55-64(53,66)60-35(34)39(58-30)50-24-48-32-28(45-23-47-38(32)50)19-54-16-15-26(51)17-43/h18,22-24,29-30,33-36,39-40H,11-17,19-21,43H2,1-10H3,(H,52,65)(H,53,66)/t29-,30-,33-,34-,35-,36-,39-,40-,63?,64?/m1/s1. The van der Waals surface area contributed by atoms with Crippen LogP contribution in [0.3, 0.4) is 0 Å². The van der Waals surface area contributed by atoms with Gasteiger partial charge >= 0.3 is 13.4 Å². The molecule has 4 N–H and O–H groups in total. The molecule has 3 aliphatic heterocycles. The number of Topliss-reactive ketones (excluding diaryl/α,β-unsaturated/α-hetero) is 1. The number of fused-ring (bicyclic) bond motifs is 4. The smallest absolute Gasteiger partial charge is 0.325 e. The van der Waals surface area contributed by atoms with Gasteiger partial charge in [-0.15, -0.1) is 0 Å². The molecule has 7 heterocycles. The van der Waals surface area contributed by atoms with Gasteiger partial charge < -0.3 is 52.2 Å². The van der Waals surface area contributed by atoms with Crippen LogP contribution in [0.2, 0.25) is 36.3 Å². The molecule has 0 spiro atoms. The fourth-order valence-electron chi connectivity index (χ4n) is 8.44. The number of hydrogen-bond donors (Lipinski definition) is 3. The summed E-state index contributed by atoms with van der Waals surface area (Å²) >= 11 is 11.7. The third kappa shape index (κ3) is 10.9. The third-order valence-corrected chi connectivity index (χ3v) is 26.3. The van der Waals surface area contributed by atoms with Crippen LogP contribution in [-0.2, 0) is 89.0 Å². The lowest BCUT2D eigenvalue weighted by atomic mass is 10.1. The highest BCUT2D eigenvalue weighted by atomic mass is 32.5. The molecule has 4 aromatic heterocycles. The Hall–Kier alpha value is -1.91. The van der Waals surface area contributed by atoms with Crippen LogP contribution in [-0.4, -0.2) is 129 Å². The molecule has 4 aliphatic rings. The minimum Gasteiger partial charge on any atom is -0.408 e. The van der Waals surface area contributed by atoms with Crippen LogP contribution in [0.5, 0.6) is 0 Å². The van der Waals surface area contributed by atoms with Gasteiger partial charge in [0.15, 0.2) is 34.7 Å². The Bertz CT molecular complexity index is 2590. The number of ether oxygens (including phenoxy) is 3. The number of hydrogen-bond acceptors (Lipinski definition) is 18. The first-order valence-corrected chi connectivity index (χ1v) is 34.1. The summed E-state index contributed by atoms with van der Waals surface area (Å²) in [5.41, 5.74) is 9.47. The average molecular weight is 1060 g/mol. The molecular weight excluding hydrogens is 991 g/mol. The molecule has 376 valence electrons. The topological polar surface area (TPSA) is 241 Å². The first-order valence-electron chi connectivity index (χ1n) is 23.1. The number of carbonyl (C=O) groups is 1. The molecule has 2 unspecified atom stereocenters. The molecule has 3 fully saturated rings. The van der Waals surface area contributed by atoms with Gasteiger partial charge in [0.1, 0.15) is 66.2 Å². The minimum atomic E-state index is -4.23. The molecule has 4 aromatic rings. The van der Waals surface area contributed by atoms with Gasteiger partial charge in [0.25, 0.3) is 0 Å². The third-order valence-electron chi connectivity index (χ3n) is 14.2. The molecule has 68 heavy (non-hydrogen) atoms. The predicted octanol–water partition coefficient (Wildman–Crippen LogP) is 6.41. The summed E-state index contributed by atoms with van der Waals surface area (Å²) in [6.07, 6.45) is 2.46. The number of nitrogens with zero attached hydrogens (tertiary/aromatic N) is 7. The fraction of sp³-hybridized carbons (Fsp3) is 0.714. The maximum Gasteiger partial charge on any atom is 0.325 e. The highest BCUT2D eigenvalue weighted by molar-refractivity contribution is 8.07. The number of carbonyl (C=O) groups excluding carboxylic acids is 1. The van der Waals surface area contributed by atoms with Crippen molar-refractivity contribution in [3.63, 3.8) is 0 Å². The van der Waals surface area contributed by atoms with Gasteiger partial charge in [0.2, 0.25) is 0 Å². The van der Waals surface area contributed by atoms with E-state index in [4.69, 9.17) is 75.5 Å². The van der Waals surface area contributed by atoms with E-state index in [-0.39, 0.29) is 55.3 Å². The molecule has 0 saturated carbocycles. The lowest BCUT2D eigenvalue weighted by Crippen LogP contribution is -2.50. The highest BCUT2D eigenvalue weighted by Crippen LogP contribution is 2.56. The second-order valence-electron chi connectivity index (χ2n) is 21.0. The van der Waals surface area contributed by atoms with Gasteiger partial charge in [-0.1, -0.05) is 41.5 Å². The molecule has 2 bridgehead atoms. The molecule has 20 nitrogen and oxygen atoms in total. The fourth-order valence-corrected chi connectivity index (χ4v) is 13.9. The van der Waals surface area contributed by atoms with Crippen molar-refractivity contribution in [2.75, 3.05) is 26.4 Å². The van der Waals surface area contributed by atoms with E-state index in [2.05, 4.69) is 93.9 Å². The average Bonchev–Trinajstić information content (AvgIpc) is 3.97. The molecule has 10 atom stereocenters. The SMILES string of the molecule is CC(C)(C)[Si](C)(C)O[C@@H]1[C@@H]2OP(O)(=S)OC[C@H]3O[C@@H](n4cnc5c(COCCC(=O)CN)ncnc54)[C@H](OP(O)(=S)OC[C@H]2O[C@H]1n1cc2c4c(ncnc41)CCCC2)[C@@H]3O[Si](C)(C)C(C)(C)C. The Morgan fingerprint density at radius 3 is 2.09 bits per heavy atom. The number of nitrogens with two attached hydrogens (primary N) is 1. The molecule has 0 aromatic carbocycles. The Morgan fingerprint density at radius 1 is 0.809 bits per heavy atom. The molecule has 1 aliphatic carbocycles. The van der Waals surface area contributed by atoms with Gasteiger partial charge in [-0.25, -0.2) is 24.9 Å². The predicted molar refractivity (Wildman–Crippen MR) is 264 cm³/mol. The van der Waals surface area contributed by atoms with Crippen molar-refractivity contribution in [2.24, 2.45) is 5.73 Å². The summed E-state index contributed by atoms with van der Waals surface area (Å²) < 4.78 is 63.2. The number of rotatable bonds is 12. The zero-order valence-corrected chi connectivity index (χ0v) is 45.8. The van der Waals surface area contributed by atoms with Crippen molar-refractivity contribution in [1.82, 2.24) is 34.1 Å². The Morgan fingerprint density at radius 2 is 1.41 bits per heavy atom. The lowest BCUT2D eigenvalue weighted by Gasteiger charge is -2.41. The first kappa shape index (κ1) is 52.4. The zero-order valence-electron chi connectivity index (χ0n) is 40.4. The van der Waals surface area contributed by atoms with Crippen molar-refractivity contribution in [1.29, 1.82) is 0 Å². The highest BCUT2D eigenvalue weighted by Gasteiger charge is 2.57. The number of aryl methyl sites for hydroxylation is 2. The van der Waals surface area contributed by atoms with Crippen LogP contribution in [0.15, 0.2) is 25.2 Å². The summed E-state index contributed by atoms with van der Waals surface area (Å²) in [6.45, 7) is 12.2. The summed E-state index contributed by atoms with van der Waals surface area (Å²) in [6, 6.07) is 0. The van der Waals surface area contributed by atoms with Crippen LogP contribution < -0.4 is 5.73 Å². The van der Waals surface area contributed by atoms with Crippen molar-refractivity contribution in [3.05, 3.63) is 42.1 Å². The van der Waals surface area contributed by atoms with E-state index in [1.807, 2.05) is 4.57 Å². The van der Waals surface area contributed by atoms with Gasteiger partial charge in [0, 0.05) is 18.0 Å². The molecule has 0 radical (unpaired) electrons. The van der Waals surface area contributed by atoms with Crippen LogP contribution in [0.4, 0.5) is 0 Å². The first-order chi connectivity index (χ1) is 31.8. The van der Waals surface area contributed by atoms with Crippen LogP contribution in [0.25, 0.3) is 22.2 Å². The Kier molecular flexibility index (Phi) is 15.3. The van der Waals surface area contributed by atoms with Crippen molar-refractivity contribution < 1.29 is 55.7 Å².